The Morgan fingerprint density at radius 1 is 1.21 bits per heavy atom. The van der Waals surface area contributed by atoms with Gasteiger partial charge in [-0.3, -0.25) is 15.4 Å². The van der Waals surface area contributed by atoms with E-state index in [0.29, 0.717) is 22.7 Å². The van der Waals surface area contributed by atoms with Crippen LogP contribution in [0.5, 0.6) is 5.75 Å². The van der Waals surface area contributed by atoms with Crippen molar-refractivity contribution in [3.8, 4) is 5.75 Å². The Bertz CT molecular complexity index is 845. The average molecular weight is 423 g/mol. The number of hydrogen-bond donors (Lipinski definition) is 2. The Morgan fingerprint density at radius 3 is 2.41 bits per heavy atom. The van der Waals surface area contributed by atoms with Crippen LogP contribution in [-0.4, -0.2) is 41.4 Å². The number of methoxy groups -OCH3 is 1. The lowest BCUT2D eigenvalue weighted by Crippen LogP contribution is -2.31. The quantitative estimate of drug-likeness (QED) is 0.458. The highest BCUT2D eigenvalue weighted by Gasteiger charge is 2.18. The van der Waals surface area contributed by atoms with Crippen LogP contribution in [0.1, 0.15) is 27.7 Å². The Labute approximate surface area is 173 Å². The molecule has 0 aliphatic carbocycles. The Balaban J connectivity index is 2.07. The number of amides is 2. The molecule has 2 amide bonds. The van der Waals surface area contributed by atoms with Gasteiger partial charge in [0.15, 0.2) is 0 Å². The van der Waals surface area contributed by atoms with E-state index < -0.39 is 11.0 Å². The first-order valence-electron chi connectivity index (χ1n) is 9.18. The first kappa shape index (κ1) is 22.3. The standard InChI is InChI=1S/C18H26N6O4S/c1-11(2)9-23(10-12(3)4)18-22-21-17(29-18)20-16(25)19-14-7-6-13(24(26)27)8-15(14)28-5/h6-8,11-12H,9-10H2,1-5H3,(H2,19,20,21,25). The van der Waals surface area contributed by atoms with Crippen molar-refractivity contribution >= 4 is 39.0 Å². The van der Waals surface area contributed by atoms with Crippen LogP contribution < -0.4 is 20.3 Å². The summed E-state index contributed by atoms with van der Waals surface area (Å²) >= 11 is 1.29. The van der Waals surface area contributed by atoms with Crippen molar-refractivity contribution in [3.63, 3.8) is 0 Å². The summed E-state index contributed by atoms with van der Waals surface area (Å²) < 4.78 is 5.12. The third kappa shape index (κ3) is 6.56. The summed E-state index contributed by atoms with van der Waals surface area (Å²) in [5.74, 6) is 1.12. The van der Waals surface area contributed by atoms with E-state index in [4.69, 9.17) is 4.74 Å². The smallest absolute Gasteiger partial charge is 0.325 e. The van der Waals surface area contributed by atoms with Crippen LogP contribution in [0.4, 0.5) is 26.4 Å². The van der Waals surface area contributed by atoms with E-state index in [1.54, 1.807) is 0 Å². The second kappa shape index (κ2) is 10.0. The summed E-state index contributed by atoms with van der Waals surface area (Å²) in [5.41, 5.74) is 0.179. The molecule has 0 bridgehead atoms. The lowest BCUT2D eigenvalue weighted by Gasteiger charge is -2.25. The van der Waals surface area contributed by atoms with Gasteiger partial charge in [0.25, 0.3) is 5.69 Å². The van der Waals surface area contributed by atoms with Gasteiger partial charge in [0.05, 0.1) is 23.8 Å². The second-order valence-corrected chi connectivity index (χ2v) is 8.26. The van der Waals surface area contributed by atoms with Crippen molar-refractivity contribution in [2.75, 3.05) is 35.7 Å². The lowest BCUT2D eigenvalue weighted by molar-refractivity contribution is -0.384. The van der Waals surface area contributed by atoms with Gasteiger partial charge in [0.1, 0.15) is 5.75 Å². The number of nitro groups is 1. The van der Waals surface area contributed by atoms with Gasteiger partial charge in [-0.15, -0.1) is 10.2 Å². The number of carbonyl (C=O) groups is 1. The highest BCUT2D eigenvalue weighted by molar-refractivity contribution is 7.19. The van der Waals surface area contributed by atoms with Gasteiger partial charge in [-0.05, 0) is 17.9 Å². The maximum Gasteiger partial charge on any atom is 0.325 e. The van der Waals surface area contributed by atoms with E-state index in [-0.39, 0.29) is 11.4 Å². The van der Waals surface area contributed by atoms with Gasteiger partial charge >= 0.3 is 6.03 Å². The molecule has 1 heterocycles. The third-order valence-corrected chi connectivity index (χ3v) is 4.62. The van der Waals surface area contributed by atoms with Gasteiger partial charge in [0, 0.05) is 19.2 Å². The summed E-state index contributed by atoms with van der Waals surface area (Å²) in [5, 5.41) is 25.5. The number of anilines is 3. The Hall–Kier alpha value is -2.95. The number of hydrogen-bond acceptors (Lipinski definition) is 8. The maximum atomic E-state index is 12.3. The first-order valence-corrected chi connectivity index (χ1v) is 10.00. The number of nitrogens with zero attached hydrogens (tertiary/aromatic N) is 4. The van der Waals surface area contributed by atoms with Gasteiger partial charge in [0.2, 0.25) is 10.3 Å². The third-order valence-electron chi connectivity index (χ3n) is 3.72. The van der Waals surface area contributed by atoms with E-state index >= 15 is 0 Å². The van der Waals surface area contributed by atoms with E-state index in [0.717, 1.165) is 18.2 Å². The van der Waals surface area contributed by atoms with Crippen molar-refractivity contribution in [2.24, 2.45) is 11.8 Å². The van der Waals surface area contributed by atoms with Gasteiger partial charge in [-0.1, -0.05) is 39.0 Å². The van der Waals surface area contributed by atoms with E-state index in [1.807, 2.05) is 0 Å². The molecule has 11 heteroatoms. The molecular weight excluding hydrogens is 396 g/mol. The van der Waals surface area contributed by atoms with E-state index in [9.17, 15) is 14.9 Å². The van der Waals surface area contributed by atoms with Gasteiger partial charge in [-0.25, -0.2) is 4.79 Å². The number of rotatable bonds is 9. The summed E-state index contributed by atoms with van der Waals surface area (Å²) in [7, 11) is 1.37. The predicted molar refractivity (Wildman–Crippen MR) is 114 cm³/mol. The Morgan fingerprint density at radius 2 is 1.86 bits per heavy atom. The largest absolute Gasteiger partial charge is 0.494 e. The molecule has 2 aromatic rings. The van der Waals surface area contributed by atoms with Crippen LogP contribution in [-0.2, 0) is 0 Å². The van der Waals surface area contributed by atoms with Crippen LogP contribution in [0.25, 0.3) is 0 Å². The van der Waals surface area contributed by atoms with Crippen LogP contribution in [0.2, 0.25) is 0 Å². The van der Waals surface area contributed by atoms with Crippen molar-refractivity contribution < 1.29 is 14.5 Å². The fourth-order valence-electron chi connectivity index (χ4n) is 2.65. The van der Waals surface area contributed by atoms with Crippen molar-refractivity contribution in [3.05, 3.63) is 28.3 Å². The first-order chi connectivity index (χ1) is 13.7. The zero-order valence-corrected chi connectivity index (χ0v) is 17.9. The maximum absolute atomic E-state index is 12.3. The van der Waals surface area contributed by atoms with Crippen LogP contribution >= 0.6 is 11.3 Å². The minimum absolute atomic E-state index is 0.128. The molecule has 2 N–H and O–H groups in total. The zero-order valence-electron chi connectivity index (χ0n) is 17.1. The normalized spacial score (nSPS) is 10.9. The number of nitro benzene ring substituents is 1. The SMILES string of the molecule is COc1cc([N+](=O)[O-])ccc1NC(=O)Nc1nnc(N(CC(C)C)CC(C)C)s1. The zero-order chi connectivity index (χ0) is 21.6. The number of urea groups is 1. The molecular formula is C18H26N6O4S. The topological polar surface area (TPSA) is 123 Å². The number of non-ortho nitro benzene ring substituents is 1. The highest BCUT2D eigenvalue weighted by Crippen LogP contribution is 2.30. The van der Waals surface area contributed by atoms with Crippen LogP contribution in [0, 0.1) is 22.0 Å². The molecule has 2 rings (SSSR count). The molecule has 29 heavy (non-hydrogen) atoms. The number of ether oxygens (including phenoxy) is 1. The monoisotopic (exact) mass is 422 g/mol. The van der Waals surface area contributed by atoms with Crippen molar-refractivity contribution in [1.29, 1.82) is 0 Å². The number of carbonyl (C=O) groups excluding carboxylic acids is 1. The molecule has 10 nitrogen and oxygen atoms in total. The molecule has 0 aliphatic rings. The predicted octanol–water partition coefficient (Wildman–Crippen LogP) is 4.22. The van der Waals surface area contributed by atoms with Crippen molar-refractivity contribution in [2.45, 2.75) is 27.7 Å². The summed E-state index contributed by atoms with van der Waals surface area (Å²) in [4.78, 5) is 24.8. The highest BCUT2D eigenvalue weighted by atomic mass is 32.1. The molecule has 0 saturated heterocycles. The molecule has 0 aliphatic heterocycles. The number of nitrogens with one attached hydrogen (secondary N) is 2. The molecule has 0 spiro atoms. The second-order valence-electron chi connectivity index (χ2n) is 7.30. The van der Waals surface area contributed by atoms with Gasteiger partial charge in [-0.2, -0.15) is 0 Å². The molecule has 1 aromatic carbocycles. The molecule has 0 radical (unpaired) electrons. The fourth-order valence-corrected chi connectivity index (χ4v) is 3.41. The number of aromatic nitrogens is 2. The average Bonchev–Trinajstić information content (AvgIpc) is 3.08. The minimum Gasteiger partial charge on any atom is -0.494 e. The molecule has 158 valence electrons. The fraction of sp³-hybridized carbons (Fsp3) is 0.500. The lowest BCUT2D eigenvalue weighted by atomic mass is 10.1. The molecule has 0 saturated carbocycles. The van der Waals surface area contributed by atoms with Crippen LogP contribution in [0.3, 0.4) is 0 Å². The van der Waals surface area contributed by atoms with E-state index in [1.165, 1.54) is 36.6 Å². The Kier molecular flexibility index (Phi) is 7.71. The summed E-state index contributed by atoms with van der Waals surface area (Å²) in [6, 6.07) is 3.40. The van der Waals surface area contributed by atoms with E-state index in [2.05, 4.69) is 53.4 Å². The van der Waals surface area contributed by atoms with Gasteiger partial charge < -0.3 is 15.0 Å². The molecule has 0 atom stereocenters. The van der Waals surface area contributed by atoms with Crippen LogP contribution in [0.15, 0.2) is 18.2 Å². The summed E-state index contributed by atoms with van der Waals surface area (Å²) in [6.45, 7) is 10.2. The van der Waals surface area contributed by atoms with Crippen molar-refractivity contribution in [1.82, 2.24) is 10.2 Å². The molecule has 1 aromatic heterocycles. The number of benzene rings is 1. The summed E-state index contributed by atoms with van der Waals surface area (Å²) in [6.07, 6.45) is 0. The minimum atomic E-state index is -0.542. The molecule has 0 unspecified atom stereocenters. The molecule has 0 fully saturated rings.